The van der Waals surface area contributed by atoms with Gasteiger partial charge in [0, 0.05) is 18.6 Å². The number of aromatic nitrogens is 2. The minimum atomic E-state index is -4.07. The van der Waals surface area contributed by atoms with E-state index in [4.69, 9.17) is 15.5 Å². The zero-order chi connectivity index (χ0) is 12.9. The van der Waals surface area contributed by atoms with E-state index in [1.54, 1.807) is 0 Å². The monoisotopic (exact) mass is 259 g/mol. The molecule has 0 spiro atoms. The third-order valence-corrected chi connectivity index (χ3v) is 2.56. The molecule has 0 saturated heterocycles. The molecule has 4 N–H and O–H groups in total. The van der Waals surface area contributed by atoms with Gasteiger partial charge in [-0.1, -0.05) is 6.08 Å². The van der Waals surface area contributed by atoms with Crippen LogP contribution in [0.4, 0.5) is 5.82 Å². The van der Waals surface area contributed by atoms with Gasteiger partial charge in [0.25, 0.3) is 0 Å². The molecule has 0 atom stereocenters. The van der Waals surface area contributed by atoms with Gasteiger partial charge in [0.15, 0.2) is 0 Å². The highest BCUT2D eigenvalue weighted by atomic mass is 31.2. The minimum absolute atomic E-state index is 0.174. The number of aryl methyl sites for hydroxylation is 1. The maximum atomic E-state index is 11.3. The van der Waals surface area contributed by atoms with Crippen molar-refractivity contribution in [3.8, 4) is 0 Å². The van der Waals surface area contributed by atoms with Gasteiger partial charge >= 0.3 is 13.3 Å². The molecule has 7 nitrogen and oxygen atoms in total. The van der Waals surface area contributed by atoms with E-state index in [0.29, 0.717) is 19.4 Å². The largest absolute Gasteiger partial charge is 0.383 e. The summed E-state index contributed by atoms with van der Waals surface area (Å²) in [5.41, 5.74) is 4.90. The van der Waals surface area contributed by atoms with Crippen LogP contribution in [-0.4, -0.2) is 19.3 Å². The van der Waals surface area contributed by atoms with Crippen molar-refractivity contribution in [1.29, 1.82) is 0 Å². The first kappa shape index (κ1) is 13.6. The van der Waals surface area contributed by atoms with E-state index >= 15 is 0 Å². The second-order valence-corrected chi connectivity index (χ2v) is 4.92. The molecule has 8 heteroatoms. The van der Waals surface area contributed by atoms with Crippen LogP contribution in [0, 0.1) is 0 Å². The molecule has 94 valence electrons. The van der Waals surface area contributed by atoms with Crippen molar-refractivity contribution < 1.29 is 14.4 Å². The highest BCUT2D eigenvalue weighted by molar-refractivity contribution is 7.55. The molecule has 0 saturated carbocycles. The van der Waals surface area contributed by atoms with Gasteiger partial charge < -0.3 is 15.5 Å². The Hall–Kier alpha value is -1.43. The van der Waals surface area contributed by atoms with Crippen LogP contribution < -0.4 is 11.4 Å². The van der Waals surface area contributed by atoms with Crippen LogP contribution in [0.25, 0.3) is 0 Å². The SMILES string of the molecule is Nc1ccn(CCC/C=C/P(=O)(O)O)c(=O)n1. The third kappa shape index (κ3) is 5.44. The molecule has 0 amide bonds. The predicted octanol–water partition coefficient (Wildman–Crippen LogP) is 0.297. The minimum Gasteiger partial charge on any atom is -0.383 e. The molecule has 1 aromatic rings. The molecule has 0 aliphatic rings. The standard InChI is InChI=1S/C9H14N3O4P/c10-8-4-6-12(9(13)11-8)5-2-1-3-7-17(14,15)16/h3-4,6-7H,1-2,5H2,(H2,10,11,13)(H2,14,15,16)/b7-3+. The molecular formula is C9H14N3O4P. The van der Waals surface area contributed by atoms with E-state index in [1.165, 1.54) is 22.9 Å². The van der Waals surface area contributed by atoms with Crippen LogP contribution >= 0.6 is 7.60 Å². The average Bonchev–Trinajstić information content (AvgIpc) is 2.18. The number of nitrogens with zero attached hydrogens (tertiary/aromatic N) is 2. The van der Waals surface area contributed by atoms with E-state index in [1.807, 2.05) is 0 Å². The number of nitrogens with two attached hydrogens (primary N) is 1. The van der Waals surface area contributed by atoms with E-state index in [9.17, 15) is 9.36 Å². The smallest absolute Gasteiger partial charge is 0.349 e. The zero-order valence-corrected chi connectivity index (χ0v) is 9.96. The van der Waals surface area contributed by atoms with Gasteiger partial charge in [0.2, 0.25) is 0 Å². The van der Waals surface area contributed by atoms with E-state index < -0.39 is 13.3 Å². The van der Waals surface area contributed by atoms with Crippen LogP contribution in [0.1, 0.15) is 12.8 Å². The van der Waals surface area contributed by atoms with Gasteiger partial charge in [-0.15, -0.1) is 0 Å². The van der Waals surface area contributed by atoms with Crippen LogP contribution in [0.15, 0.2) is 29.0 Å². The molecule has 0 bridgehead atoms. The van der Waals surface area contributed by atoms with Crippen molar-refractivity contribution in [3.05, 3.63) is 34.6 Å². The Morgan fingerprint density at radius 1 is 1.53 bits per heavy atom. The van der Waals surface area contributed by atoms with Crippen LogP contribution in [0.5, 0.6) is 0 Å². The number of rotatable bonds is 5. The van der Waals surface area contributed by atoms with Crippen LogP contribution in [0.2, 0.25) is 0 Å². The van der Waals surface area contributed by atoms with Crippen LogP contribution in [-0.2, 0) is 11.1 Å². The number of hydrogen-bond acceptors (Lipinski definition) is 4. The van der Waals surface area contributed by atoms with Gasteiger partial charge in [-0.3, -0.25) is 9.13 Å². The summed E-state index contributed by atoms with van der Waals surface area (Å²) < 4.78 is 11.9. The Morgan fingerprint density at radius 3 is 2.82 bits per heavy atom. The fourth-order valence-corrected chi connectivity index (χ4v) is 1.63. The summed E-state index contributed by atoms with van der Waals surface area (Å²) in [4.78, 5) is 32.0. The van der Waals surface area contributed by atoms with E-state index in [2.05, 4.69) is 4.98 Å². The fourth-order valence-electron chi connectivity index (χ4n) is 1.20. The molecule has 0 fully saturated rings. The molecule has 0 unspecified atom stereocenters. The summed E-state index contributed by atoms with van der Waals surface area (Å²) in [6.45, 7) is 0.428. The normalized spacial score (nSPS) is 12.1. The molecular weight excluding hydrogens is 245 g/mol. The first-order chi connectivity index (χ1) is 7.88. The Kier molecular flexibility index (Phi) is 4.62. The summed E-state index contributed by atoms with van der Waals surface area (Å²) in [6.07, 6.45) is 4.00. The van der Waals surface area contributed by atoms with Crippen molar-refractivity contribution >= 4 is 13.4 Å². The first-order valence-corrected chi connectivity index (χ1v) is 6.62. The maximum absolute atomic E-state index is 11.3. The van der Waals surface area contributed by atoms with Crippen molar-refractivity contribution in [1.82, 2.24) is 9.55 Å². The lowest BCUT2D eigenvalue weighted by atomic mass is 10.3. The lowest BCUT2D eigenvalue weighted by Gasteiger charge is -2.03. The Bertz CT molecular complexity index is 505. The van der Waals surface area contributed by atoms with Crippen molar-refractivity contribution in [2.75, 3.05) is 5.73 Å². The number of anilines is 1. The highest BCUT2D eigenvalue weighted by Gasteiger charge is 2.04. The number of nitrogen functional groups attached to an aromatic ring is 1. The van der Waals surface area contributed by atoms with E-state index in [-0.39, 0.29) is 5.82 Å². The third-order valence-electron chi connectivity index (χ3n) is 1.97. The Labute approximate surface area is 97.8 Å². The summed E-state index contributed by atoms with van der Waals surface area (Å²) in [7, 11) is -4.07. The lowest BCUT2D eigenvalue weighted by molar-refractivity contribution is 0.386. The lowest BCUT2D eigenvalue weighted by Crippen LogP contribution is -2.23. The molecule has 1 rings (SSSR count). The van der Waals surface area contributed by atoms with Crippen molar-refractivity contribution in [2.45, 2.75) is 19.4 Å². The van der Waals surface area contributed by atoms with Gasteiger partial charge in [-0.25, -0.2) is 4.79 Å². The maximum Gasteiger partial charge on any atom is 0.349 e. The number of hydrogen-bond donors (Lipinski definition) is 3. The Morgan fingerprint density at radius 2 is 2.24 bits per heavy atom. The summed E-state index contributed by atoms with van der Waals surface area (Å²) in [6, 6.07) is 1.52. The van der Waals surface area contributed by atoms with Crippen LogP contribution in [0.3, 0.4) is 0 Å². The summed E-state index contributed by atoms with van der Waals surface area (Å²) >= 11 is 0. The second-order valence-electron chi connectivity index (χ2n) is 3.44. The zero-order valence-electron chi connectivity index (χ0n) is 9.06. The van der Waals surface area contributed by atoms with Crippen molar-refractivity contribution in [2.24, 2.45) is 0 Å². The van der Waals surface area contributed by atoms with Gasteiger partial charge in [0.05, 0.1) is 0 Å². The van der Waals surface area contributed by atoms with Gasteiger partial charge in [-0.05, 0) is 18.9 Å². The quantitative estimate of drug-likeness (QED) is 0.516. The second kappa shape index (κ2) is 5.77. The highest BCUT2D eigenvalue weighted by Crippen LogP contribution is 2.36. The number of allylic oxidation sites excluding steroid dienone is 1. The topological polar surface area (TPSA) is 118 Å². The molecule has 1 aromatic heterocycles. The van der Waals surface area contributed by atoms with Gasteiger partial charge in [0.1, 0.15) is 5.82 Å². The first-order valence-electron chi connectivity index (χ1n) is 4.94. The molecule has 0 aliphatic carbocycles. The summed E-state index contributed by atoms with van der Waals surface area (Å²) in [5, 5.41) is 0. The number of unbranched alkanes of at least 4 members (excludes halogenated alkanes) is 1. The fraction of sp³-hybridized carbons (Fsp3) is 0.333. The molecule has 0 aromatic carbocycles. The molecule has 17 heavy (non-hydrogen) atoms. The van der Waals surface area contributed by atoms with Gasteiger partial charge in [-0.2, -0.15) is 4.98 Å². The molecule has 1 heterocycles. The Balaban J connectivity index is 2.44. The molecule has 0 radical (unpaired) electrons. The van der Waals surface area contributed by atoms with Crippen molar-refractivity contribution in [3.63, 3.8) is 0 Å². The summed E-state index contributed by atoms with van der Waals surface area (Å²) in [5.74, 6) is 1.03. The predicted molar refractivity (Wildman–Crippen MR) is 63.3 cm³/mol. The van der Waals surface area contributed by atoms with E-state index in [0.717, 1.165) is 5.82 Å². The average molecular weight is 259 g/mol. The molecule has 0 aliphatic heterocycles.